The lowest BCUT2D eigenvalue weighted by atomic mass is 10.3. The van der Waals surface area contributed by atoms with Crippen molar-refractivity contribution in [2.45, 2.75) is 16.7 Å². The lowest BCUT2D eigenvalue weighted by molar-refractivity contribution is 1.46. The summed E-state index contributed by atoms with van der Waals surface area (Å²) in [7, 11) is 0. The maximum atomic E-state index is 6.35. The largest absolute Gasteiger partial charge is 0.241 e. The van der Waals surface area contributed by atoms with Gasteiger partial charge < -0.3 is 0 Å². The Morgan fingerprint density at radius 2 is 1.46 bits per heavy atom. The smallest absolute Gasteiger partial charge is 0.105 e. The fourth-order valence-electron chi connectivity index (χ4n) is 2.15. The Morgan fingerprint density at radius 1 is 0.846 bits per heavy atom. The molecule has 0 amide bonds. The third-order valence-corrected chi connectivity index (χ3v) is 6.12. The Bertz CT molecular complexity index is 906. The van der Waals surface area contributed by atoms with Gasteiger partial charge in [0.2, 0.25) is 0 Å². The van der Waals surface area contributed by atoms with Crippen molar-refractivity contribution in [1.82, 2.24) is 0 Å². The molecule has 1 nitrogen and oxygen atoms in total. The summed E-state index contributed by atoms with van der Waals surface area (Å²) in [5.74, 6) is 0. The highest BCUT2D eigenvalue weighted by Crippen LogP contribution is 2.32. The number of aliphatic imine (C=N–C) groups is 1. The minimum atomic E-state index is 0.738. The second kappa shape index (κ2) is 9.67. The molecule has 130 valence electrons. The van der Waals surface area contributed by atoms with Crippen LogP contribution in [-0.4, -0.2) is 5.04 Å². The number of para-hydroxylation sites is 1. The normalized spacial score (nSPS) is 12.2. The van der Waals surface area contributed by atoms with Crippen molar-refractivity contribution < 1.29 is 0 Å². The van der Waals surface area contributed by atoms with Crippen LogP contribution in [0.15, 0.2) is 111 Å². The van der Waals surface area contributed by atoms with Crippen LogP contribution >= 0.6 is 35.1 Å². The summed E-state index contributed by atoms with van der Waals surface area (Å²) in [4.78, 5) is 7.05. The van der Waals surface area contributed by atoms with Crippen molar-refractivity contribution in [3.8, 4) is 0 Å². The molecule has 0 aromatic heterocycles. The second-order valence-corrected chi connectivity index (χ2v) is 7.90. The molecule has 0 atom stereocenters. The molecular weight excluding hydrogens is 378 g/mol. The number of hydrogen-bond donors (Lipinski definition) is 0. The number of benzene rings is 3. The van der Waals surface area contributed by atoms with Crippen LogP contribution in [0.4, 0.5) is 5.69 Å². The summed E-state index contributed by atoms with van der Waals surface area (Å²) in [6.45, 7) is 2.08. The lowest BCUT2D eigenvalue weighted by Gasteiger charge is -2.09. The Morgan fingerprint density at radius 3 is 2.15 bits per heavy atom. The molecule has 0 aliphatic heterocycles. The van der Waals surface area contributed by atoms with Gasteiger partial charge >= 0.3 is 0 Å². The predicted molar refractivity (Wildman–Crippen MR) is 117 cm³/mol. The molecule has 0 saturated carbocycles. The van der Waals surface area contributed by atoms with Gasteiger partial charge in [0.25, 0.3) is 0 Å². The summed E-state index contributed by atoms with van der Waals surface area (Å²) in [5, 5.41) is 3.82. The molecule has 0 aliphatic carbocycles. The molecule has 0 radical (unpaired) electrons. The lowest BCUT2D eigenvalue weighted by Crippen LogP contribution is -1.94. The fourth-order valence-corrected chi connectivity index (χ4v) is 4.11. The summed E-state index contributed by atoms with van der Waals surface area (Å²) >= 11 is 9.63. The summed E-state index contributed by atoms with van der Waals surface area (Å²) < 4.78 is 0. The fraction of sp³-hybridized carbons (Fsp3) is 0.0455. The van der Waals surface area contributed by atoms with E-state index in [1.807, 2.05) is 72.8 Å². The number of hydrogen-bond acceptors (Lipinski definition) is 3. The Kier molecular flexibility index (Phi) is 7.01. The molecule has 0 aliphatic rings. The highest BCUT2D eigenvalue weighted by molar-refractivity contribution is 8.14. The van der Waals surface area contributed by atoms with E-state index in [4.69, 9.17) is 16.6 Å². The number of nitrogens with zero attached hydrogens (tertiary/aromatic N) is 1. The Labute approximate surface area is 168 Å². The van der Waals surface area contributed by atoms with Crippen molar-refractivity contribution >= 4 is 45.9 Å². The monoisotopic (exact) mass is 395 g/mol. The first kappa shape index (κ1) is 18.8. The van der Waals surface area contributed by atoms with E-state index in [0.717, 1.165) is 26.2 Å². The molecule has 0 spiro atoms. The Hall–Kier alpha value is -1.94. The van der Waals surface area contributed by atoms with Crippen LogP contribution in [0.3, 0.4) is 0 Å². The Balaban J connectivity index is 1.89. The van der Waals surface area contributed by atoms with E-state index in [0.29, 0.717) is 0 Å². The molecule has 26 heavy (non-hydrogen) atoms. The van der Waals surface area contributed by atoms with Gasteiger partial charge in [0, 0.05) is 9.79 Å². The van der Waals surface area contributed by atoms with Gasteiger partial charge in [0.15, 0.2) is 0 Å². The maximum Gasteiger partial charge on any atom is 0.105 e. The molecule has 0 unspecified atom stereocenters. The molecule has 4 heteroatoms. The standard InChI is InChI=1S/C22H18ClNS2/c1-17(16-25-19-12-6-3-7-13-19)22(24-18-10-4-2-5-11-18)26-21-15-9-8-14-20(21)23/h2-16H,1H3/b17-16+,24-22+. The van der Waals surface area contributed by atoms with Crippen molar-refractivity contribution in [2.24, 2.45) is 4.99 Å². The van der Waals surface area contributed by atoms with E-state index in [-0.39, 0.29) is 0 Å². The van der Waals surface area contributed by atoms with Crippen LogP contribution in [0.2, 0.25) is 5.02 Å². The van der Waals surface area contributed by atoms with Crippen molar-refractivity contribution in [2.75, 3.05) is 0 Å². The molecule has 3 rings (SSSR count). The van der Waals surface area contributed by atoms with Gasteiger partial charge in [0.05, 0.1) is 10.7 Å². The predicted octanol–water partition coefficient (Wildman–Crippen LogP) is 7.86. The highest BCUT2D eigenvalue weighted by atomic mass is 35.5. The van der Waals surface area contributed by atoms with Crippen LogP contribution in [0.5, 0.6) is 0 Å². The number of thioether (sulfide) groups is 2. The van der Waals surface area contributed by atoms with Gasteiger partial charge in [-0.15, -0.1) is 0 Å². The summed E-state index contributed by atoms with van der Waals surface area (Å²) in [6, 6.07) is 28.2. The number of rotatable bonds is 5. The maximum absolute atomic E-state index is 6.35. The van der Waals surface area contributed by atoms with E-state index in [1.165, 1.54) is 4.90 Å². The van der Waals surface area contributed by atoms with E-state index in [2.05, 4.69) is 24.5 Å². The zero-order valence-corrected chi connectivity index (χ0v) is 16.7. The van der Waals surface area contributed by atoms with E-state index in [1.54, 1.807) is 23.5 Å². The third-order valence-electron chi connectivity index (χ3n) is 3.48. The van der Waals surface area contributed by atoms with Gasteiger partial charge in [-0.25, -0.2) is 4.99 Å². The third kappa shape index (κ3) is 5.53. The van der Waals surface area contributed by atoms with E-state index in [9.17, 15) is 0 Å². The molecular formula is C22H18ClNS2. The van der Waals surface area contributed by atoms with Gasteiger partial charge in [-0.05, 0) is 54.3 Å². The van der Waals surface area contributed by atoms with Gasteiger partial charge in [-0.3, -0.25) is 0 Å². The van der Waals surface area contributed by atoms with Crippen molar-refractivity contribution in [3.63, 3.8) is 0 Å². The molecule has 0 fully saturated rings. The second-order valence-electron chi connectivity index (χ2n) is 5.52. The topological polar surface area (TPSA) is 12.4 Å². The molecule has 0 saturated heterocycles. The van der Waals surface area contributed by atoms with E-state index < -0.39 is 0 Å². The zero-order valence-electron chi connectivity index (χ0n) is 14.3. The molecule has 3 aromatic rings. The summed E-state index contributed by atoms with van der Waals surface area (Å²) in [5.41, 5.74) is 2.03. The molecule has 3 aromatic carbocycles. The molecule has 0 bridgehead atoms. The zero-order chi connectivity index (χ0) is 18.2. The van der Waals surface area contributed by atoms with Gasteiger partial charge in [-0.1, -0.05) is 83.7 Å². The van der Waals surface area contributed by atoms with E-state index >= 15 is 0 Å². The minimum absolute atomic E-state index is 0.738. The van der Waals surface area contributed by atoms with Gasteiger partial charge in [0.1, 0.15) is 5.04 Å². The van der Waals surface area contributed by atoms with Crippen LogP contribution < -0.4 is 0 Å². The first-order chi connectivity index (χ1) is 12.7. The number of halogens is 1. The first-order valence-corrected chi connectivity index (χ1v) is 10.2. The highest BCUT2D eigenvalue weighted by Gasteiger charge is 2.09. The average Bonchev–Trinajstić information content (AvgIpc) is 2.69. The molecule has 0 heterocycles. The molecule has 0 N–H and O–H groups in total. The van der Waals surface area contributed by atoms with Crippen molar-refractivity contribution in [3.05, 3.63) is 101 Å². The van der Waals surface area contributed by atoms with Crippen LogP contribution in [-0.2, 0) is 0 Å². The minimum Gasteiger partial charge on any atom is -0.241 e. The van der Waals surface area contributed by atoms with Crippen LogP contribution in [0.25, 0.3) is 0 Å². The first-order valence-electron chi connectivity index (χ1n) is 8.17. The SMILES string of the molecule is CC(=C\Sc1ccccc1)/C(=N\c1ccccc1)Sc1ccccc1Cl. The summed E-state index contributed by atoms with van der Waals surface area (Å²) in [6.07, 6.45) is 0. The van der Waals surface area contributed by atoms with Gasteiger partial charge in [-0.2, -0.15) is 0 Å². The van der Waals surface area contributed by atoms with Crippen molar-refractivity contribution in [1.29, 1.82) is 0 Å². The van der Waals surface area contributed by atoms with Crippen LogP contribution in [0.1, 0.15) is 6.92 Å². The average molecular weight is 396 g/mol. The quantitative estimate of drug-likeness (QED) is 0.247. The van der Waals surface area contributed by atoms with Crippen LogP contribution in [0, 0.1) is 0 Å².